The Morgan fingerprint density at radius 3 is 2.17 bits per heavy atom. The molecule has 0 spiro atoms. The molecule has 1 aliphatic rings. The summed E-state index contributed by atoms with van der Waals surface area (Å²) in [5.74, 6) is -2.15. The van der Waals surface area contributed by atoms with E-state index < -0.39 is 32.5 Å². The lowest BCUT2D eigenvalue weighted by atomic mass is 10.1. The van der Waals surface area contributed by atoms with Gasteiger partial charge < -0.3 is 10.8 Å². The van der Waals surface area contributed by atoms with Crippen LogP contribution in [0.25, 0.3) is 0 Å². The Kier molecular flexibility index (Phi) is 3.71. The van der Waals surface area contributed by atoms with Crippen LogP contribution in [0.3, 0.4) is 0 Å². The van der Waals surface area contributed by atoms with Gasteiger partial charge in [0.05, 0.1) is 4.90 Å². The molecule has 0 aromatic heterocycles. The van der Waals surface area contributed by atoms with E-state index in [0.29, 0.717) is 10.6 Å². The molecule has 1 aliphatic carbocycles. The lowest BCUT2D eigenvalue weighted by Crippen LogP contribution is -2.39. The fourth-order valence-electron chi connectivity index (χ4n) is 2.94. The molecule has 7 heteroatoms. The number of carbonyl (C=O) groups is 1. The van der Waals surface area contributed by atoms with Crippen LogP contribution in [-0.4, -0.2) is 30.3 Å². The number of nitrogens with two attached hydrogens (primary N) is 1. The molecule has 3 rings (SSSR count). The molecule has 0 radical (unpaired) electrons. The largest absolute Gasteiger partial charge is 0.480 e. The number of rotatable bonds is 4. The molecule has 120 valence electrons. The monoisotopic (exact) mass is 351 g/mol. The van der Waals surface area contributed by atoms with Crippen LogP contribution in [0.2, 0.25) is 5.02 Å². The second kappa shape index (κ2) is 5.33. The summed E-state index contributed by atoms with van der Waals surface area (Å²) in [4.78, 5) is 11.7. The first-order chi connectivity index (χ1) is 10.8. The summed E-state index contributed by atoms with van der Waals surface area (Å²) in [5.41, 5.74) is 4.66. The number of aliphatic carboxylic acids is 1. The van der Waals surface area contributed by atoms with Gasteiger partial charge in [0.15, 0.2) is 9.84 Å². The van der Waals surface area contributed by atoms with E-state index in [1.54, 1.807) is 42.5 Å². The summed E-state index contributed by atoms with van der Waals surface area (Å²) in [7, 11) is -3.86. The van der Waals surface area contributed by atoms with Crippen molar-refractivity contribution in [1.29, 1.82) is 0 Å². The molecule has 0 unspecified atom stereocenters. The fourth-order valence-corrected chi connectivity index (χ4v) is 5.32. The van der Waals surface area contributed by atoms with Crippen molar-refractivity contribution in [3.8, 4) is 0 Å². The third kappa shape index (κ3) is 2.43. The van der Waals surface area contributed by atoms with Gasteiger partial charge in [0.1, 0.15) is 10.8 Å². The second-order valence-corrected chi connectivity index (χ2v) is 8.05. The Balaban J connectivity index is 2.07. The molecule has 0 saturated heterocycles. The molecule has 2 aromatic rings. The van der Waals surface area contributed by atoms with E-state index in [-0.39, 0.29) is 4.90 Å². The SMILES string of the molecule is N[C@]1(C(=O)O)[C@H](c2ccc(Cl)cc2)[C@H]1S(=O)(=O)c1ccccc1. The third-order valence-corrected chi connectivity index (χ3v) is 6.70. The summed E-state index contributed by atoms with van der Waals surface area (Å²) in [5, 5.41) is 8.73. The molecular formula is C16H14ClNO4S. The van der Waals surface area contributed by atoms with Crippen molar-refractivity contribution in [2.75, 3.05) is 0 Å². The predicted molar refractivity (Wildman–Crippen MR) is 86.2 cm³/mol. The molecule has 0 aliphatic heterocycles. The van der Waals surface area contributed by atoms with Gasteiger partial charge in [-0.25, -0.2) is 8.42 Å². The summed E-state index contributed by atoms with van der Waals surface area (Å²) in [6, 6.07) is 14.1. The van der Waals surface area contributed by atoms with E-state index in [2.05, 4.69) is 0 Å². The Morgan fingerprint density at radius 1 is 1.09 bits per heavy atom. The van der Waals surface area contributed by atoms with Crippen LogP contribution in [0.5, 0.6) is 0 Å². The van der Waals surface area contributed by atoms with E-state index in [4.69, 9.17) is 17.3 Å². The standard InChI is InChI=1S/C16H14ClNO4S/c17-11-8-6-10(7-9-11)13-14(16(13,18)15(19)20)23(21,22)12-4-2-1-3-5-12/h1-9,13-14H,18H2,(H,19,20)/t13-,14-,16-/m1/s1. The highest BCUT2D eigenvalue weighted by molar-refractivity contribution is 7.92. The number of hydrogen-bond donors (Lipinski definition) is 2. The lowest BCUT2D eigenvalue weighted by molar-refractivity contribution is -0.139. The molecule has 1 fully saturated rings. The maximum absolute atomic E-state index is 12.8. The zero-order chi connectivity index (χ0) is 16.8. The van der Waals surface area contributed by atoms with Crippen LogP contribution < -0.4 is 5.73 Å². The minimum Gasteiger partial charge on any atom is -0.480 e. The molecule has 0 bridgehead atoms. The number of carboxylic acids is 1. The van der Waals surface area contributed by atoms with E-state index in [1.165, 1.54) is 12.1 Å². The summed E-state index contributed by atoms with van der Waals surface area (Å²) in [6.07, 6.45) is 0. The number of hydrogen-bond acceptors (Lipinski definition) is 4. The summed E-state index contributed by atoms with van der Waals surface area (Å²) < 4.78 is 25.6. The van der Waals surface area contributed by atoms with Crippen molar-refractivity contribution in [1.82, 2.24) is 0 Å². The van der Waals surface area contributed by atoms with Crippen LogP contribution in [0.4, 0.5) is 0 Å². The Bertz CT molecular complexity index is 851. The average molecular weight is 352 g/mol. The predicted octanol–water partition coefficient (Wildman–Crippen LogP) is 2.06. The first kappa shape index (κ1) is 16.0. The summed E-state index contributed by atoms with van der Waals surface area (Å²) in [6.45, 7) is 0. The third-order valence-electron chi connectivity index (χ3n) is 4.18. The molecule has 0 heterocycles. The van der Waals surface area contributed by atoms with Crippen molar-refractivity contribution < 1.29 is 18.3 Å². The van der Waals surface area contributed by atoms with Crippen LogP contribution >= 0.6 is 11.6 Å². The van der Waals surface area contributed by atoms with Gasteiger partial charge in [-0.3, -0.25) is 4.79 Å². The van der Waals surface area contributed by atoms with Crippen molar-refractivity contribution in [2.24, 2.45) is 5.73 Å². The number of halogens is 1. The molecule has 5 nitrogen and oxygen atoms in total. The van der Waals surface area contributed by atoms with Crippen LogP contribution in [0, 0.1) is 0 Å². The van der Waals surface area contributed by atoms with Gasteiger partial charge in [-0.15, -0.1) is 0 Å². The van der Waals surface area contributed by atoms with Gasteiger partial charge in [-0.2, -0.15) is 0 Å². The van der Waals surface area contributed by atoms with Crippen molar-refractivity contribution in [3.63, 3.8) is 0 Å². The molecule has 23 heavy (non-hydrogen) atoms. The van der Waals surface area contributed by atoms with E-state index in [1.807, 2.05) is 0 Å². The van der Waals surface area contributed by atoms with Crippen LogP contribution in [0.15, 0.2) is 59.5 Å². The molecule has 3 N–H and O–H groups in total. The van der Waals surface area contributed by atoms with E-state index >= 15 is 0 Å². The van der Waals surface area contributed by atoms with E-state index in [0.717, 1.165) is 0 Å². The molecule has 3 atom stereocenters. The Hall–Kier alpha value is -1.89. The van der Waals surface area contributed by atoms with Crippen LogP contribution in [-0.2, 0) is 14.6 Å². The lowest BCUT2D eigenvalue weighted by Gasteiger charge is -2.06. The van der Waals surface area contributed by atoms with Gasteiger partial charge in [-0.05, 0) is 29.8 Å². The van der Waals surface area contributed by atoms with Gasteiger partial charge in [0.25, 0.3) is 0 Å². The van der Waals surface area contributed by atoms with Gasteiger partial charge in [0.2, 0.25) is 0 Å². The average Bonchev–Trinajstić information content (AvgIpc) is 3.18. The molecule has 0 amide bonds. The van der Waals surface area contributed by atoms with Crippen molar-refractivity contribution in [3.05, 3.63) is 65.2 Å². The number of benzene rings is 2. The van der Waals surface area contributed by atoms with Gasteiger partial charge in [-0.1, -0.05) is 41.9 Å². The highest BCUT2D eigenvalue weighted by Crippen LogP contribution is 2.55. The second-order valence-electron chi connectivity index (χ2n) is 5.55. The van der Waals surface area contributed by atoms with Crippen LogP contribution in [0.1, 0.15) is 11.5 Å². The smallest absolute Gasteiger partial charge is 0.325 e. The van der Waals surface area contributed by atoms with Crippen molar-refractivity contribution >= 4 is 27.4 Å². The normalized spacial score (nSPS) is 26.7. The Labute approximate surface area is 138 Å². The minimum absolute atomic E-state index is 0.0672. The Morgan fingerprint density at radius 2 is 1.65 bits per heavy atom. The maximum atomic E-state index is 12.8. The number of sulfone groups is 1. The first-order valence-corrected chi connectivity index (χ1v) is 8.78. The number of carboxylic acid groups (broad SMARTS) is 1. The fraction of sp³-hybridized carbons (Fsp3) is 0.188. The molecule has 2 aromatic carbocycles. The zero-order valence-electron chi connectivity index (χ0n) is 11.9. The van der Waals surface area contributed by atoms with Crippen molar-refractivity contribution in [2.45, 2.75) is 21.6 Å². The summed E-state index contributed by atoms with van der Waals surface area (Å²) >= 11 is 5.83. The maximum Gasteiger partial charge on any atom is 0.325 e. The van der Waals surface area contributed by atoms with Gasteiger partial charge >= 0.3 is 5.97 Å². The first-order valence-electron chi connectivity index (χ1n) is 6.86. The highest BCUT2D eigenvalue weighted by Gasteiger charge is 2.74. The quantitative estimate of drug-likeness (QED) is 0.878. The van der Waals surface area contributed by atoms with Gasteiger partial charge in [0, 0.05) is 10.9 Å². The molecule has 1 saturated carbocycles. The van der Waals surface area contributed by atoms with E-state index in [9.17, 15) is 18.3 Å². The molecular weight excluding hydrogens is 338 g/mol. The zero-order valence-corrected chi connectivity index (χ0v) is 13.5. The minimum atomic E-state index is -3.86. The topological polar surface area (TPSA) is 97.5 Å². The highest BCUT2D eigenvalue weighted by atomic mass is 35.5.